The fourth-order valence-corrected chi connectivity index (χ4v) is 0.470. The van der Waals surface area contributed by atoms with Crippen LogP contribution in [0.25, 0.3) is 0 Å². The third-order valence-corrected chi connectivity index (χ3v) is 0.852. The fourth-order valence-electron chi connectivity index (χ4n) is 0.470. The Hall–Kier alpha value is -0.990. The van der Waals surface area contributed by atoms with Gasteiger partial charge in [-0.2, -0.15) is 0 Å². The van der Waals surface area contributed by atoms with Gasteiger partial charge in [0.1, 0.15) is 0 Å². The summed E-state index contributed by atoms with van der Waals surface area (Å²) in [6, 6.07) is 0. The summed E-state index contributed by atoms with van der Waals surface area (Å²) >= 11 is 0. The van der Waals surface area contributed by atoms with Gasteiger partial charge in [-0.05, 0) is 12.5 Å². The zero-order valence-electron chi connectivity index (χ0n) is 5.68. The van der Waals surface area contributed by atoms with Crippen LogP contribution >= 0.6 is 0 Å². The van der Waals surface area contributed by atoms with Crippen molar-refractivity contribution in [1.82, 2.24) is 0 Å². The normalized spacial score (nSPS) is 11.1. The first-order valence-corrected chi connectivity index (χ1v) is 2.76. The van der Waals surface area contributed by atoms with Crippen molar-refractivity contribution in [1.29, 1.82) is 0 Å². The fraction of sp³-hybridized carbons (Fsp3) is 0.500. The molecule has 0 unspecified atom stereocenters. The SMILES string of the molecule is CC/C=C(/OC)C(N)=O. The minimum absolute atomic E-state index is 0.234. The lowest BCUT2D eigenvalue weighted by Crippen LogP contribution is -2.14. The van der Waals surface area contributed by atoms with E-state index in [0.717, 1.165) is 6.42 Å². The lowest BCUT2D eigenvalue weighted by atomic mass is 10.3. The Kier molecular flexibility index (Phi) is 3.51. The quantitative estimate of drug-likeness (QED) is 0.443. The monoisotopic (exact) mass is 129 g/mol. The van der Waals surface area contributed by atoms with Crippen LogP contribution in [0.1, 0.15) is 13.3 Å². The molecule has 0 aliphatic rings. The maximum Gasteiger partial charge on any atom is 0.283 e. The van der Waals surface area contributed by atoms with E-state index in [1.54, 1.807) is 6.08 Å². The summed E-state index contributed by atoms with van der Waals surface area (Å²) in [5.41, 5.74) is 4.90. The predicted octanol–water partition coefficient (Wildman–Crippen LogP) is 0.412. The van der Waals surface area contributed by atoms with Gasteiger partial charge in [-0.1, -0.05) is 6.92 Å². The number of primary amides is 1. The average molecular weight is 129 g/mol. The lowest BCUT2D eigenvalue weighted by molar-refractivity contribution is -0.117. The zero-order chi connectivity index (χ0) is 7.28. The van der Waals surface area contributed by atoms with Crippen molar-refractivity contribution in [3.05, 3.63) is 11.8 Å². The van der Waals surface area contributed by atoms with E-state index in [2.05, 4.69) is 4.74 Å². The molecule has 0 aliphatic carbocycles. The molecule has 0 fully saturated rings. The highest BCUT2D eigenvalue weighted by molar-refractivity contribution is 5.89. The van der Waals surface area contributed by atoms with Crippen LogP contribution in [0.15, 0.2) is 11.8 Å². The van der Waals surface area contributed by atoms with Crippen molar-refractivity contribution < 1.29 is 9.53 Å². The van der Waals surface area contributed by atoms with Crippen molar-refractivity contribution >= 4 is 5.91 Å². The highest BCUT2D eigenvalue weighted by Gasteiger charge is 2.00. The van der Waals surface area contributed by atoms with Crippen LogP contribution in [0.4, 0.5) is 0 Å². The number of ether oxygens (including phenoxy) is 1. The molecule has 0 radical (unpaired) electrons. The summed E-state index contributed by atoms with van der Waals surface area (Å²) in [7, 11) is 1.42. The molecule has 0 saturated carbocycles. The molecular weight excluding hydrogens is 118 g/mol. The van der Waals surface area contributed by atoms with E-state index in [4.69, 9.17) is 5.73 Å². The van der Waals surface area contributed by atoms with Crippen LogP contribution in [0.5, 0.6) is 0 Å². The molecule has 3 nitrogen and oxygen atoms in total. The molecule has 9 heavy (non-hydrogen) atoms. The molecule has 0 rings (SSSR count). The van der Waals surface area contributed by atoms with Crippen molar-refractivity contribution in [2.45, 2.75) is 13.3 Å². The van der Waals surface area contributed by atoms with Gasteiger partial charge < -0.3 is 10.5 Å². The molecule has 52 valence electrons. The second-order valence-corrected chi connectivity index (χ2v) is 1.54. The molecule has 0 aromatic carbocycles. The molecule has 0 aromatic rings. The summed E-state index contributed by atoms with van der Waals surface area (Å²) < 4.78 is 4.64. The summed E-state index contributed by atoms with van der Waals surface area (Å²) in [5.74, 6) is -0.281. The molecule has 0 bridgehead atoms. The molecule has 0 heterocycles. The number of allylic oxidation sites excluding steroid dienone is 1. The Morgan fingerprint density at radius 2 is 2.33 bits per heavy atom. The molecule has 0 atom stereocenters. The van der Waals surface area contributed by atoms with Gasteiger partial charge in [-0.3, -0.25) is 4.79 Å². The Labute approximate surface area is 54.5 Å². The number of hydrogen-bond acceptors (Lipinski definition) is 2. The molecule has 1 amide bonds. The van der Waals surface area contributed by atoms with Gasteiger partial charge in [0.25, 0.3) is 5.91 Å². The second kappa shape index (κ2) is 3.95. The number of carbonyl (C=O) groups is 1. The van der Waals surface area contributed by atoms with Gasteiger partial charge in [-0.25, -0.2) is 0 Å². The van der Waals surface area contributed by atoms with Gasteiger partial charge in [0.05, 0.1) is 7.11 Å². The van der Waals surface area contributed by atoms with Crippen molar-refractivity contribution in [3.8, 4) is 0 Å². The van der Waals surface area contributed by atoms with E-state index >= 15 is 0 Å². The second-order valence-electron chi connectivity index (χ2n) is 1.54. The summed E-state index contributed by atoms with van der Waals surface area (Å²) in [6.07, 6.45) is 2.40. The average Bonchev–Trinajstić information content (AvgIpc) is 1.82. The van der Waals surface area contributed by atoms with Gasteiger partial charge in [0, 0.05) is 0 Å². The van der Waals surface area contributed by atoms with Gasteiger partial charge >= 0.3 is 0 Å². The van der Waals surface area contributed by atoms with Crippen molar-refractivity contribution in [2.24, 2.45) is 5.73 Å². The molecular formula is C6H11NO2. The van der Waals surface area contributed by atoms with E-state index < -0.39 is 5.91 Å². The first-order valence-electron chi connectivity index (χ1n) is 2.76. The number of amides is 1. The standard InChI is InChI=1S/C6H11NO2/c1-3-4-5(9-2)6(7)8/h4H,3H2,1-2H3,(H2,7,8)/b5-4+. The number of hydrogen-bond donors (Lipinski definition) is 1. The van der Waals surface area contributed by atoms with Crippen LogP contribution in [-0.2, 0) is 9.53 Å². The number of carbonyl (C=O) groups excluding carboxylic acids is 1. The van der Waals surface area contributed by atoms with E-state index in [9.17, 15) is 4.79 Å². The topological polar surface area (TPSA) is 52.3 Å². The van der Waals surface area contributed by atoms with Crippen LogP contribution in [0.3, 0.4) is 0 Å². The zero-order valence-corrected chi connectivity index (χ0v) is 5.68. The Balaban J connectivity index is 3.98. The maximum atomic E-state index is 10.3. The van der Waals surface area contributed by atoms with Gasteiger partial charge in [0.2, 0.25) is 0 Å². The highest BCUT2D eigenvalue weighted by atomic mass is 16.5. The Morgan fingerprint density at radius 3 is 2.44 bits per heavy atom. The first-order chi connectivity index (χ1) is 4.22. The van der Waals surface area contributed by atoms with Crippen LogP contribution in [0.2, 0.25) is 0 Å². The lowest BCUT2D eigenvalue weighted by Gasteiger charge is -1.97. The summed E-state index contributed by atoms with van der Waals surface area (Å²) in [4.78, 5) is 10.3. The number of nitrogens with two attached hydrogens (primary N) is 1. The van der Waals surface area contributed by atoms with Gasteiger partial charge in [-0.15, -0.1) is 0 Å². The molecule has 3 heteroatoms. The molecule has 0 aliphatic heterocycles. The van der Waals surface area contributed by atoms with E-state index in [-0.39, 0.29) is 5.76 Å². The smallest absolute Gasteiger partial charge is 0.283 e. The predicted molar refractivity (Wildman–Crippen MR) is 34.6 cm³/mol. The highest BCUT2D eigenvalue weighted by Crippen LogP contribution is 1.94. The van der Waals surface area contributed by atoms with Crippen molar-refractivity contribution in [2.75, 3.05) is 7.11 Å². The molecule has 2 N–H and O–H groups in total. The first kappa shape index (κ1) is 8.01. The third-order valence-electron chi connectivity index (χ3n) is 0.852. The summed E-state index contributed by atoms with van der Waals surface area (Å²) in [5, 5.41) is 0. The van der Waals surface area contributed by atoms with Crippen LogP contribution in [0, 0.1) is 0 Å². The third kappa shape index (κ3) is 2.74. The largest absolute Gasteiger partial charge is 0.491 e. The maximum absolute atomic E-state index is 10.3. The minimum atomic E-state index is -0.514. The molecule has 0 saturated heterocycles. The Bertz CT molecular complexity index is 129. The molecule has 0 aromatic heterocycles. The van der Waals surface area contributed by atoms with E-state index in [1.165, 1.54) is 7.11 Å². The van der Waals surface area contributed by atoms with E-state index in [1.807, 2.05) is 6.92 Å². The number of rotatable bonds is 3. The minimum Gasteiger partial charge on any atom is -0.491 e. The van der Waals surface area contributed by atoms with Crippen molar-refractivity contribution in [3.63, 3.8) is 0 Å². The Morgan fingerprint density at radius 1 is 1.78 bits per heavy atom. The van der Waals surface area contributed by atoms with Crippen LogP contribution < -0.4 is 5.73 Å². The molecule has 0 spiro atoms. The van der Waals surface area contributed by atoms with E-state index in [0.29, 0.717) is 0 Å². The summed E-state index contributed by atoms with van der Waals surface area (Å²) in [6.45, 7) is 1.90. The van der Waals surface area contributed by atoms with Crippen LogP contribution in [-0.4, -0.2) is 13.0 Å². The number of methoxy groups -OCH3 is 1. The van der Waals surface area contributed by atoms with Gasteiger partial charge in [0.15, 0.2) is 5.76 Å².